The van der Waals surface area contributed by atoms with Crippen molar-refractivity contribution >= 4 is 5.97 Å². The average molecular weight is 219 g/mol. The second kappa shape index (κ2) is 5.29. The third kappa shape index (κ3) is 2.20. The lowest BCUT2D eigenvalue weighted by Gasteiger charge is -2.09. The Labute approximate surface area is 94.1 Å². The summed E-state index contributed by atoms with van der Waals surface area (Å²) in [7, 11) is 0. The Kier molecular flexibility index (Phi) is 4.03. The van der Waals surface area contributed by atoms with Crippen LogP contribution in [0.5, 0.6) is 0 Å². The molecule has 0 atom stereocenters. The second-order valence-electron chi connectivity index (χ2n) is 3.27. The number of nitrogens with zero attached hydrogens (tertiary/aromatic N) is 1. The Hall–Kier alpha value is -1.86. The Morgan fingerprint density at radius 3 is 2.75 bits per heavy atom. The minimum Gasteiger partial charge on any atom is -0.462 e. The summed E-state index contributed by atoms with van der Waals surface area (Å²) in [5.74, 6) is -0.534. The van der Waals surface area contributed by atoms with Crippen LogP contribution in [0.1, 0.15) is 34.0 Å². The quantitative estimate of drug-likeness (QED) is 0.783. The van der Waals surface area contributed by atoms with E-state index in [9.17, 15) is 4.79 Å². The first kappa shape index (κ1) is 12.2. The number of rotatable bonds is 3. The third-order valence-electron chi connectivity index (χ3n) is 2.31. The monoisotopic (exact) mass is 219 g/mol. The lowest BCUT2D eigenvalue weighted by atomic mass is 9.98. The van der Waals surface area contributed by atoms with Crippen LogP contribution in [0, 0.1) is 18.3 Å². The molecule has 0 radical (unpaired) electrons. The van der Waals surface area contributed by atoms with E-state index < -0.39 is 5.97 Å². The van der Waals surface area contributed by atoms with E-state index in [4.69, 9.17) is 15.1 Å². The van der Waals surface area contributed by atoms with E-state index in [0.29, 0.717) is 5.56 Å². The maximum Gasteiger partial charge on any atom is 0.339 e. The number of hydrogen-bond acceptors (Lipinski definition) is 4. The van der Waals surface area contributed by atoms with Crippen LogP contribution in [-0.2, 0) is 11.3 Å². The molecule has 4 heteroatoms. The molecule has 1 N–H and O–H groups in total. The number of esters is 1. The molecule has 0 fully saturated rings. The van der Waals surface area contributed by atoms with E-state index in [-0.39, 0.29) is 24.3 Å². The fourth-order valence-corrected chi connectivity index (χ4v) is 1.46. The van der Waals surface area contributed by atoms with Gasteiger partial charge in [-0.3, -0.25) is 0 Å². The highest BCUT2D eigenvalue weighted by Crippen LogP contribution is 2.19. The fourth-order valence-electron chi connectivity index (χ4n) is 1.46. The molecule has 0 spiro atoms. The van der Waals surface area contributed by atoms with Crippen LogP contribution < -0.4 is 0 Å². The zero-order valence-electron chi connectivity index (χ0n) is 9.28. The molecule has 1 rings (SSSR count). The molecule has 1 aromatic carbocycles. The Morgan fingerprint density at radius 2 is 2.25 bits per heavy atom. The highest BCUT2D eigenvalue weighted by molar-refractivity contribution is 5.92. The van der Waals surface area contributed by atoms with Crippen LogP contribution in [0.2, 0.25) is 0 Å². The van der Waals surface area contributed by atoms with Gasteiger partial charge in [-0.05, 0) is 31.0 Å². The molecule has 0 saturated carbocycles. The van der Waals surface area contributed by atoms with Crippen molar-refractivity contribution < 1.29 is 14.6 Å². The summed E-state index contributed by atoms with van der Waals surface area (Å²) in [4.78, 5) is 11.5. The van der Waals surface area contributed by atoms with Gasteiger partial charge >= 0.3 is 5.97 Å². The van der Waals surface area contributed by atoms with Crippen molar-refractivity contribution in [1.29, 1.82) is 5.26 Å². The van der Waals surface area contributed by atoms with Gasteiger partial charge in [0.25, 0.3) is 0 Å². The van der Waals surface area contributed by atoms with Crippen molar-refractivity contribution in [2.45, 2.75) is 20.5 Å². The smallest absolute Gasteiger partial charge is 0.339 e. The summed E-state index contributed by atoms with van der Waals surface area (Å²) in [5.41, 5.74) is 1.67. The minimum absolute atomic E-state index is 0.195. The molecule has 0 aliphatic heterocycles. The van der Waals surface area contributed by atoms with Gasteiger partial charge in [-0.1, -0.05) is 6.07 Å². The fraction of sp³-hybridized carbons (Fsp3) is 0.333. The van der Waals surface area contributed by atoms with Gasteiger partial charge in [-0.25, -0.2) is 4.79 Å². The number of aliphatic hydroxyl groups is 1. The predicted octanol–water partition coefficient (Wildman–Crippen LogP) is 1.54. The molecule has 1 aromatic rings. The van der Waals surface area contributed by atoms with Gasteiger partial charge in [0.05, 0.1) is 24.3 Å². The van der Waals surface area contributed by atoms with E-state index in [2.05, 4.69) is 0 Å². The van der Waals surface area contributed by atoms with Crippen molar-refractivity contribution in [3.8, 4) is 6.07 Å². The first-order valence-corrected chi connectivity index (χ1v) is 4.96. The molecule has 4 nitrogen and oxygen atoms in total. The summed E-state index contributed by atoms with van der Waals surface area (Å²) in [6.45, 7) is 3.47. The molecule has 0 heterocycles. The molecule has 0 saturated heterocycles. The zero-order chi connectivity index (χ0) is 12.1. The SMILES string of the molecule is CCOC(=O)c1ccc(C)c(CO)c1C#N. The largest absolute Gasteiger partial charge is 0.462 e. The molecule has 0 aliphatic carbocycles. The topological polar surface area (TPSA) is 70.3 Å². The van der Waals surface area contributed by atoms with Gasteiger partial charge < -0.3 is 9.84 Å². The zero-order valence-corrected chi connectivity index (χ0v) is 9.28. The van der Waals surface area contributed by atoms with Crippen LogP contribution in [0.25, 0.3) is 0 Å². The Balaban J connectivity index is 3.31. The first-order chi connectivity index (χ1) is 7.65. The van der Waals surface area contributed by atoms with Crippen molar-refractivity contribution in [3.05, 3.63) is 34.4 Å². The maximum atomic E-state index is 11.5. The Bertz CT molecular complexity index is 446. The van der Waals surface area contributed by atoms with Gasteiger partial charge in [0.1, 0.15) is 6.07 Å². The molecule has 0 bridgehead atoms. The van der Waals surface area contributed by atoms with E-state index >= 15 is 0 Å². The summed E-state index contributed by atoms with van der Waals surface area (Å²) >= 11 is 0. The summed E-state index contributed by atoms with van der Waals surface area (Å²) in [6.07, 6.45) is 0. The lowest BCUT2D eigenvalue weighted by Crippen LogP contribution is -2.09. The molecule has 0 amide bonds. The first-order valence-electron chi connectivity index (χ1n) is 4.96. The van der Waals surface area contributed by atoms with E-state index in [1.165, 1.54) is 0 Å². The number of hydrogen-bond donors (Lipinski definition) is 1. The number of aliphatic hydroxyl groups excluding tert-OH is 1. The molecule has 0 aromatic heterocycles. The summed E-state index contributed by atoms with van der Waals surface area (Å²) < 4.78 is 4.84. The van der Waals surface area contributed by atoms with Crippen molar-refractivity contribution in [3.63, 3.8) is 0 Å². The van der Waals surface area contributed by atoms with Crippen LogP contribution in [0.3, 0.4) is 0 Å². The van der Waals surface area contributed by atoms with Gasteiger partial charge in [0.15, 0.2) is 0 Å². The molecular formula is C12H13NO3. The van der Waals surface area contributed by atoms with Crippen molar-refractivity contribution in [2.24, 2.45) is 0 Å². The number of nitriles is 1. The summed E-state index contributed by atoms with van der Waals surface area (Å²) in [5, 5.41) is 18.2. The molecule has 0 unspecified atom stereocenters. The maximum absolute atomic E-state index is 11.5. The van der Waals surface area contributed by atoms with Crippen molar-refractivity contribution in [2.75, 3.05) is 6.61 Å². The van der Waals surface area contributed by atoms with Crippen LogP contribution in [0.4, 0.5) is 0 Å². The third-order valence-corrected chi connectivity index (χ3v) is 2.31. The molecular weight excluding hydrogens is 206 g/mol. The minimum atomic E-state index is -0.534. The van der Waals surface area contributed by atoms with Gasteiger partial charge in [-0.2, -0.15) is 5.26 Å². The van der Waals surface area contributed by atoms with E-state index in [0.717, 1.165) is 5.56 Å². The number of ether oxygens (including phenoxy) is 1. The van der Waals surface area contributed by atoms with Crippen molar-refractivity contribution in [1.82, 2.24) is 0 Å². The van der Waals surface area contributed by atoms with Gasteiger partial charge in [0.2, 0.25) is 0 Å². The highest BCUT2D eigenvalue weighted by atomic mass is 16.5. The molecule has 16 heavy (non-hydrogen) atoms. The highest BCUT2D eigenvalue weighted by Gasteiger charge is 2.16. The van der Waals surface area contributed by atoms with E-state index in [1.807, 2.05) is 6.07 Å². The Morgan fingerprint density at radius 1 is 1.56 bits per heavy atom. The number of carbonyl (C=O) groups is 1. The van der Waals surface area contributed by atoms with Gasteiger partial charge in [0, 0.05) is 0 Å². The summed E-state index contributed by atoms with van der Waals surface area (Å²) in [6, 6.07) is 5.17. The second-order valence-corrected chi connectivity index (χ2v) is 3.27. The molecule has 0 aliphatic rings. The lowest BCUT2D eigenvalue weighted by molar-refractivity contribution is 0.0526. The van der Waals surface area contributed by atoms with Crippen LogP contribution in [-0.4, -0.2) is 17.7 Å². The van der Waals surface area contributed by atoms with Crippen LogP contribution >= 0.6 is 0 Å². The number of aryl methyl sites for hydroxylation is 1. The normalized spacial score (nSPS) is 9.62. The number of benzene rings is 1. The predicted molar refractivity (Wildman–Crippen MR) is 57.8 cm³/mol. The average Bonchev–Trinajstić information content (AvgIpc) is 2.28. The van der Waals surface area contributed by atoms with E-state index in [1.54, 1.807) is 26.0 Å². The number of carbonyl (C=O) groups excluding carboxylic acids is 1. The molecule has 84 valence electrons. The van der Waals surface area contributed by atoms with Crippen LogP contribution in [0.15, 0.2) is 12.1 Å². The van der Waals surface area contributed by atoms with Gasteiger partial charge in [-0.15, -0.1) is 0 Å². The standard InChI is InChI=1S/C12H13NO3/c1-3-16-12(15)9-5-4-8(2)11(7-14)10(9)6-13/h4-5,14H,3,7H2,1-2H3.